The fourth-order valence-electron chi connectivity index (χ4n) is 3.88. The Bertz CT molecular complexity index is 482. The van der Waals surface area contributed by atoms with Crippen LogP contribution in [0.3, 0.4) is 0 Å². The second kappa shape index (κ2) is 18.7. The van der Waals surface area contributed by atoms with Gasteiger partial charge in [0.1, 0.15) is 0 Å². The first-order chi connectivity index (χ1) is 14.2. The Labute approximate surface area is 191 Å². The van der Waals surface area contributed by atoms with Crippen LogP contribution in [0.4, 0.5) is 0 Å². The predicted molar refractivity (Wildman–Crippen MR) is 140 cm³/mol. The number of hydrogen-bond acceptors (Lipinski definition) is 0. The average molecular weight is 415 g/mol. The molecule has 0 nitrogen and oxygen atoms in total. The Morgan fingerprint density at radius 1 is 0.500 bits per heavy atom. The van der Waals surface area contributed by atoms with E-state index in [2.05, 4.69) is 79.7 Å². The molecule has 2 unspecified atom stereocenters. The summed E-state index contributed by atoms with van der Waals surface area (Å²) in [7, 11) is 0. The number of unbranched alkanes of at least 4 members (excludes halogenated alkanes) is 1. The van der Waals surface area contributed by atoms with Crippen LogP contribution in [-0.4, -0.2) is 0 Å². The fourth-order valence-corrected chi connectivity index (χ4v) is 3.88. The maximum absolute atomic E-state index is 2.48. The Balaban J connectivity index is 3.78. The standard InChI is InChI=1S/C30H54/c1-25(2)15-11-19-29(7)23-13-21-27(5)17-9-10-18-28(6)22-14-24-30(8)20-12-16-26(3)4/h15-16,23-24,27-28H,9-14,17-22H2,1-8H3/b29-23-,30-24+. The van der Waals surface area contributed by atoms with Gasteiger partial charge in [0.25, 0.3) is 0 Å². The molecule has 0 aromatic rings. The Morgan fingerprint density at radius 3 is 1.20 bits per heavy atom. The lowest BCUT2D eigenvalue weighted by Gasteiger charge is -2.13. The highest BCUT2D eigenvalue weighted by Crippen LogP contribution is 2.20. The SMILES string of the molecule is CC(C)=CCC/C(C)=C\CCC(C)CCCCC(C)CC/C=C(\C)CCC=C(C)C. The highest BCUT2D eigenvalue weighted by atomic mass is 14.1. The second-order valence-electron chi connectivity index (χ2n) is 10.4. The highest BCUT2D eigenvalue weighted by molar-refractivity contribution is 5.03. The molecule has 0 aromatic heterocycles. The molecule has 0 saturated heterocycles. The third kappa shape index (κ3) is 20.2. The summed E-state index contributed by atoms with van der Waals surface area (Å²) in [4.78, 5) is 0. The van der Waals surface area contributed by atoms with Crippen LogP contribution in [0.5, 0.6) is 0 Å². The molecule has 0 heterocycles. The van der Waals surface area contributed by atoms with Gasteiger partial charge in [0, 0.05) is 0 Å². The van der Waals surface area contributed by atoms with Crippen LogP contribution in [0, 0.1) is 11.8 Å². The molecular weight excluding hydrogens is 360 g/mol. The molecule has 0 aliphatic rings. The topological polar surface area (TPSA) is 0 Å². The largest absolute Gasteiger partial charge is 0.0856 e. The Morgan fingerprint density at radius 2 is 0.867 bits per heavy atom. The minimum Gasteiger partial charge on any atom is -0.0856 e. The van der Waals surface area contributed by atoms with Crippen LogP contribution in [0.15, 0.2) is 46.6 Å². The molecule has 0 heteroatoms. The maximum atomic E-state index is 2.48. The molecule has 0 amide bonds. The second-order valence-corrected chi connectivity index (χ2v) is 10.4. The van der Waals surface area contributed by atoms with E-state index in [0.717, 1.165) is 11.8 Å². The van der Waals surface area contributed by atoms with E-state index in [1.807, 2.05) is 0 Å². The number of rotatable bonds is 17. The molecule has 0 spiro atoms. The summed E-state index contributed by atoms with van der Waals surface area (Å²) in [5, 5.41) is 0. The van der Waals surface area contributed by atoms with Crippen LogP contribution < -0.4 is 0 Å². The van der Waals surface area contributed by atoms with Gasteiger partial charge in [0.2, 0.25) is 0 Å². The van der Waals surface area contributed by atoms with E-state index in [-0.39, 0.29) is 0 Å². The summed E-state index contributed by atoms with van der Waals surface area (Å²) in [6.07, 6.45) is 25.4. The van der Waals surface area contributed by atoms with Crippen molar-refractivity contribution in [1.29, 1.82) is 0 Å². The average Bonchev–Trinajstić information content (AvgIpc) is 2.64. The van der Waals surface area contributed by atoms with Crippen LogP contribution in [-0.2, 0) is 0 Å². The van der Waals surface area contributed by atoms with Crippen molar-refractivity contribution < 1.29 is 0 Å². The van der Waals surface area contributed by atoms with Gasteiger partial charge in [0.05, 0.1) is 0 Å². The van der Waals surface area contributed by atoms with E-state index in [9.17, 15) is 0 Å². The summed E-state index contributed by atoms with van der Waals surface area (Å²) in [6.45, 7) is 18.2. The molecule has 0 radical (unpaired) electrons. The van der Waals surface area contributed by atoms with Crippen molar-refractivity contribution in [1.82, 2.24) is 0 Å². The molecule has 174 valence electrons. The monoisotopic (exact) mass is 414 g/mol. The van der Waals surface area contributed by atoms with Gasteiger partial charge in [-0.25, -0.2) is 0 Å². The van der Waals surface area contributed by atoms with Gasteiger partial charge < -0.3 is 0 Å². The molecule has 0 rings (SSSR count). The van der Waals surface area contributed by atoms with Gasteiger partial charge in [-0.1, -0.05) is 86.1 Å². The van der Waals surface area contributed by atoms with Crippen LogP contribution >= 0.6 is 0 Å². The van der Waals surface area contributed by atoms with Gasteiger partial charge >= 0.3 is 0 Å². The summed E-state index contributed by atoms with van der Waals surface area (Å²) in [5.41, 5.74) is 6.00. The van der Waals surface area contributed by atoms with Crippen LogP contribution in [0.2, 0.25) is 0 Å². The molecule has 0 bridgehead atoms. The van der Waals surface area contributed by atoms with Gasteiger partial charge in [0.15, 0.2) is 0 Å². The van der Waals surface area contributed by atoms with E-state index in [1.54, 1.807) is 11.1 Å². The lowest BCUT2D eigenvalue weighted by Crippen LogP contribution is -1.97. The first-order valence-corrected chi connectivity index (χ1v) is 12.8. The zero-order chi connectivity index (χ0) is 22.8. The summed E-state index contributed by atoms with van der Waals surface area (Å²) in [6, 6.07) is 0. The van der Waals surface area contributed by atoms with E-state index in [0.29, 0.717) is 0 Å². The quantitative estimate of drug-likeness (QED) is 0.164. The Kier molecular flexibility index (Phi) is 18.1. The van der Waals surface area contributed by atoms with Crippen molar-refractivity contribution in [3.63, 3.8) is 0 Å². The van der Waals surface area contributed by atoms with Gasteiger partial charge in [-0.05, 0) is 105 Å². The zero-order valence-corrected chi connectivity index (χ0v) is 21.9. The van der Waals surface area contributed by atoms with E-state index >= 15 is 0 Å². The zero-order valence-electron chi connectivity index (χ0n) is 21.9. The molecule has 0 saturated carbocycles. The van der Waals surface area contributed by atoms with Crippen molar-refractivity contribution in [3.05, 3.63) is 46.6 Å². The van der Waals surface area contributed by atoms with Gasteiger partial charge in [-0.15, -0.1) is 0 Å². The minimum absolute atomic E-state index is 0.869. The molecule has 0 N–H and O–H groups in total. The number of hydrogen-bond donors (Lipinski definition) is 0. The molecule has 30 heavy (non-hydrogen) atoms. The third-order valence-corrected chi connectivity index (χ3v) is 6.13. The lowest BCUT2D eigenvalue weighted by molar-refractivity contribution is 0.423. The molecule has 0 aliphatic heterocycles. The van der Waals surface area contributed by atoms with Crippen molar-refractivity contribution in [2.45, 2.75) is 132 Å². The minimum atomic E-state index is 0.869. The van der Waals surface area contributed by atoms with Crippen molar-refractivity contribution >= 4 is 0 Å². The summed E-state index contributed by atoms with van der Waals surface area (Å²) in [5.74, 6) is 1.74. The van der Waals surface area contributed by atoms with E-state index in [1.165, 1.54) is 88.2 Å². The highest BCUT2D eigenvalue weighted by Gasteiger charge is 2.04. The predicted octanol–water partition coefficient (Wildman–Crippen LogP) is 10.8. The molecule has 0 aromatic carbocycles. The van der Waals surface area contributed by atoms with Crippen LogP contribution in [0.25, 0.3) is 0 Å². The first kappa shape index (κ1) is 29.0. The van der Waals surface area contributed by atoms with Gasteiger partial charge in [-0.2, -0.15) is 0 Å². The lowest BCUT2D eigenvalue weighted by atomic mass is 9.93. The fraction of sp³-hybridized carbons (Fsp3) is 0.733. The molecule has 2 atom stereocenters. The Hall–Kier alpha value is -1.04. The molecular formula is C30H54. The van der Waals surface area contributed by atoms with Crippen molar-refractivity contribution in [2.75, 3.05) is 0 Å². The van der Waals surface area contributed by atoms with Crippen molar-refractivity contribution in [2.24, 2.45) is 11.8 Å². The van der Waals surface area contributed by atoms with Gasteiger partial charge in [-0.3, -0.25) is 0 Å². The third-order valence-electron chi connectivity index (χ3n) is 6.13. The number of allylic oxidation sites excluding steroid dienone is 8. The smallest absolute Gasteiger partial charge is 0.0288 e. The summed E-state index contributed by atoms with van der Waals surface area (Å²) >= 11 is 0. The first-order valence-electron chi connectivity index (χ1n) is 12.8. The van der Waals surface area contributed by atoms with Crippen molar-refractivity contribution in [3.8, 4) is 0 Å². The normalized spacial score (nSPS) is 14.4. The van der Waals surface area contributed by atoms with Crippen LogP contribution in [0.1, 0.15) is 132 Å². The maximum Gasteiger partial charge on any atom is -0.0288 e. The summed E-state index contributed by atoms with van der Waals surface area (Å²) < 4.78 is 0. The van der Waals surface area contributed by atoms with E-state index in [4.69, 9.17) is 0 Å². The molecule has 0 fully saturated rings. The van der Waals surface area contributed by atoms with E-state index < -0.39 is 0 Å². The molecule has 0 aliphatic carbocycles.